The highest BCUT2D eigenvalue weighted by atomic mass is 32.1. The lowest BCUT2D eigenvalue weighted by Crippen LogP contribution is -2.33. The normalized spacial score (nSPS) is 17.3. The molecule has 1 aliphatic carbocycles. The smallest absolute Gasteiger partial charge is 0.257 e. The first-order chi connectivity index (χ1) is 15.6. The average Bonchev–Trinajstić information content (AvgIpc) is 3.45. The van der Waals surface area contributed by atoms with E-state index in [1.54, 1.807) is 18.2 Å². The summed E-state index contributed by atoms with van der Waals surface area (Å²) in [7, 11) is 0. The number of aromatic nitrogens is 1. The molecule has 5 rings (SSSR count). The number of hydrogen-bond acceptors (Lipinski definition) is 6. The summed E-state index contributed by atoms with van der Waals surface area (Å²) in [4.78, 5) is 31.5. The molecule has 0 saturated heterocycles. The highest BCUT2D eigenvalue weighted by Gasteiger charge is 2.31. The number of hydrogen-bond donors (Lipinski definition) is 2. The van der Waals surface area contributed by atoms with Crippen LogP contribution in [0.2, 0.25) is 0 Å². The van der Waals surface area contributed by atoms with Crippen molar-refractivity contribution in [1.29, 1.82) is 0 Å². The second kappa shape index (κ2) is 8.63. The minimum absolute atomic E-state index is 0.0266. The SMILES string of the molecule is C[C@@H](NC(=O)[C@@H]1CCCc2sc(NC(=O)c3ccc4c(c3)OCO4)nc21)c1ccccc1. The molecular weight excluding hydrogens is 426 g/mol. The summed E-state index contributed by atoms with van der Waals surface area (Å²) in [5, 5.41) is 6.50. The lowest BCUT2D eigenvalue weighted by molar-refractivity contribution is -0.123. The molecule has 7 nitrogen and oxygen atoms in total. The molecule has 0 bridgehead atoms. The van der Waals surface area contributed by atoms with E-state index in [0.29, 0.717) is 22.2 Å². The fourth-order valence-electron chi connectivity index (χ4n) is 4.07. The maximum atomic E-state index is 13.0. The van der Waals surface area contributed by atoms with Gasteiger partial charge in [-0.05, 0) is 49.9 Å². The Labute approximate surface area is 189 Å². The fraction of sp³-hybridized carbons (Fsp3) is 0.292. The minimum atomic E-state index is -0.308. The van der Waals surface area contributed by atoms with Gasteiger partial charge in [-0.1, -0.05) is 30.3 Å². The van der Waals surface area contributed by atoms with Crippen molar-refractivity contribution in [3.05, 3.63) is 70.2 Å². The summed E-state index contributed by atoms with van der Waals surface area (Å²) in [6.07, 6.45) is 2.53. The van der Waals surface area contributed by atoms with Gasteiger partial charge in [-0.15, -0.1) is 11.3 Å². The van der Waals surface area contributed by atoms with Crippen molar-refractivity contribution in [1.82, 2.24) is 10.3 Å². The van der Waals surface area contributed by atoms with Gasteiger partial charge < -0.3 is 14.8 Å². The molecule has 8 heteroatoms. The number of amides is 2. The zero-order valence-corrected chi connectivity index (χ0v) is 18.4. The molecule has 0 spiro atoms. The lowest BCUT2D eigenvalue weighted by Gasteiger charge is -2.23. The quantitative estimate of drug-likeness (QED) is 0.602. The molecule has 2 heterocycles. The molecule has 0 radical (unpaired) electrons. The number of thiazole rings is 1. The van der Waals surface area contributed by atoms with E-state index in [1.807, 2.05) is 37.3 Å². The number of anilines is 1. The Balaban J connectivity index is 1.30. The minimum Gasteiger partial charge on any atom is -0.454 e. The van der Waals surface area contributed by atoms with Crippen LogP contribution in [0.3, 0.4) is 0 Å². The number of ether oxygens (including phenoxy) is 2. The summed E-state index contributed by atoms with van der Waals surface area (Å²) in [5.74, 6) is 0.580. The lowest BCUT2D eigenvalue weighted by atomic mass is 9.90. The first kappa shape index (κ1) is 20.5. The Morgan fingerprint density at radius 1 is 1.12 bits per heavy atom. The van der Waals surface area contributed by atoms with E-state index < -0.39 is 0 Å². The van der Waals surface area contributed by atoms with Gasteiger partial charge in [-0.3, -0.25) is 14.9 Å². The van der Waals surface area contributed by atoms with Crippen LogP contribution in [0, 0.1) is 0 Å². The largest absolute Gasteiger partial charge is 0.454 e. The molecule has 2 N–H and O–H groups in total. The maximum Gasteiger partial charge on any atom is 0.257 e. The molecule has 0 unspecified atom stereocenters. The van der Waals surface area contributed by atoms with E-state index in [1.165, 1.54) is 11.3 Å². The number of carbonyl (C=O) groups excluding carboxylic acids is 2. The van der Waals surface area contributed by atoms with Gasteiger partial charge in [0, 0.05) is 10.4 Å². The van der Waals surface area contributed by atoms with Crippen LogP contribution in [-0.2, 0) is 11.2 Å². The number of carbonyl (C=O) groups is 2. The molecule has 2 atom stereocenters. The molecule has 32 heavy (non-hydrogen) atoms. The van der Waals surface area contributed by atoms with Crippen LogP contribution in [0.15, 0.2) is 48.5 Å². The molecule has 2 aromatic carbocycles. The van der Waals surface area contributed by atoms with Crippen molar-refractivity contribution in [2.45, 2.75) is 38.1 Å². The highest BCUT2D eigenvalue weighted by Crippen LogP contribution is 2.38. The third-order valence-corrected chi connectivity index (χ3v) is 6.83. The standard InChI is InChI=1S/C24H23N3O4S/c1-14(15-6-3-2-4-7-15)25-23(29)17-8-5-9-20-21(17)26-24(32-20)27-22(28)16-10-11-18-19(12-16)31-13-30-18/h2-4,6-7,10-12,14,17H,5,8-9,13H2,1H3,(H,25,29)(H,26,27,28)/t14-,17-/m1/s1. The van der Waals surface area contributed by atoms with Gasteiger partial charge in [0.25, 0.3) is 5.91 Å². The summed E-state index contributed by atoms with van der Waals surface area (Å²) in [5.41, 5.74) is 2.31. The van der Waals surface area contributed by atoms with Gasteiger partial charge in [0.1, 0.15) is 0 Å². The van der Waals surface area contributed by atoms with Crippen molar-refractivity contribution < 1.29 is 19.1 Å². The maximum absolute atomic E-state index is 13.0. The molecule has 3 aromatic rings. The molecule has 0 fully saturated rings. The van der Waals surface area contributed by atoms with Crippen molar-refractivity contribution in [2.24, 2.45) is 0 Å². The van der Waals surface area contributed by atoms with Crippen LogP contribution in [0.25, 0.3) is 0 Å². The second-order valence-corrected chi connectivity index (χ2v) is 9.02. The van der Waals surface area contributed by atoms with Crippen LogP contribution < -0.4 is 20.1 Å². The monoisotopic (exact) mass is 449 g/mol. The second-order valence-electron chi connectivity index (χ2n) is 7.94. The molecule has 1 aliphatic heterocycles. The van der Waals surface area contributed by atoms with E-state index in [0.717, 1.165) is 35.4 Å². The molecule has 2 aliphatic rings. The Kier molecular flexibility index (Phi) is 5.53. The van der Waals surface area contributed by atoms with Gasteiger partial charge in [0.2, 0.25) is 12.7 Å². The first-order valence-electron chi connectivity index (χ1n) is 10.6. The molecule has 164 valence electrons. The number of benzene rings is 2. The first-order valence-corrected chi connectivity index (χ1v) is 11.5. The van der Waals surface area contributed by atoms with Gasteiger partial charge in [0.05, 0.1) is 17.7 Å². The summed E-state index contributed by atoms with van der Waals surface area (Å²) in [6, 6.07) is 14.9. The zero-order chi connectivity index (χ0) is 22.1. The third kappa shape index (κ3) is 4.05. The van der Waals surface area contributed by atoms with Crippen LogP contribution in [0.4, 0.5) is 5.13 Å². The van der Waals surface area contributed by atoms with E-state index in [-0.39, 0.29) is 30.6 Å². The Hall–Kier alpha value is -3.39. The predicted octanol–water partition coefficient (Wildman–Crippen LogP) is 4.42. The molecular formula is C24H23N3O4S. The van der Waals surface area contributed by atoms with Crippen LogP contribution in [-0.4, -0.2) is 23.6 Å². The number of fused-ring (bicyclic) bond motifs is 2. The molecule has 2 amide bonds. The van der Waals surface area contributed by atoms with E-state index in [9.17, 15) is 9.59 Å². The van der Waals surface area contributed by atoms with Gasteiger partial charge >= 0.3 is 0 Å². The van der Waals surface area contributed by atoms with E-state index >= 15 is 0 Å². The summed E-state index contributed by atoms with van der Waals surface area (Å²) >= 11 is 1.44. The topological polar surface area (TPSA) is 89.6 Å². The number of rotatable bonds is 5. The van der Waals surface area contributed by atoms with Crippen molar-refractivity contribution >= 4 is 28.3 Å². The van der Waals surface area contributed by atoms with Crippen molar-refractivity contribution in [3.63, 3.8) is 0 Å². The van der Waals surface area contributed by atoms with Crippen LogP contribution >= 0.6 is 11.3 Å². The van der Waals surface area contributed by atoms with Crippen molar-refractivity contribution in [3.8, 4) is 11.5 Å². The van der Waals surface area contributed by atoms with Gasteiger partial charge in [-0.2, -0.15) is 0 Å². The Morgan fingerprint density at radius 2 is 1.94 bits per heavy atom. The number of nitrogens with zero attached hydrogens (tertiary/aromatic N) is 1. The Bertz CT molecular complexity index is 1160. The Morgan fingerprint density at radius 3 is 2.78 bits per heavy atom. The van der Waals surface area contributed by atoms with Crippen LogP contribution in [0.1, 0.15) is 58.2 Å². The number of aryl methyl sites for hydroxylation is 1. The van der Waals surface area contributed by atoms with Crippen molar-refractivity contribution in [2.75, 3.05) is 12.1 Å². The summed E-state index contributed by atoms with van der Waals surface area (Å²) < 4.78 is 10.6. The average molecular weight is 450 g/mol. The third-order valence-electron chi connectivity index (χ3n) is 5.78. The zero-order valence-electron chi connectivity index (χ0n) is 17.6. The van der Waals surface area contributed by atoms with E-state index in [4.69, 9.17) is 9.47 Å². The van der Waals surface area contributed by atoms with Gasteiger partial charge in [-0.25, -0.2) is 4.98 Å². The van der Waals surface area contributed by atoms with Gasteiger partial charge in [0.15, 0.2) is 16.6 Å². The van der Waals surface area contributed by atoms with E-state index in [2.05, 4.69) is 15.6 Å². The van der Waals surface area contributed by atoms with Crippen LogP contribution in [0.5, 0.6) is 11.5 Å². The highest BCUT2D eigenvalue weighted by molar-refractivity contribution is 7.16. The summed E-state index contributed by atoms with van der Waals surface area (Å²) in [6.45, 7) is 2.14. The molecule has 1 aromatic heterocycles. The fourth-order valence-corrected chi connectivity index (χ4v) is 5.13. The predicted molar refractivity (Wildman–Crippen MR) is 121 cm³/mol. The number of nitrogens with one attached hydrogen (secondary N) is 2. The molecule has 0 saturated carbocycles.